The number of hydrogen-bond donors (Lipinski definition) is 1. The fourth-order valence-corrected chi connectivity index (χ4v) is 2.11. The molecule has 6 heteroatoms. The highest BCUT2D eigenvalue weighted by Crippen LogP contribution is 2.28. The average molecular weight is 314 g/mol. The van der Waals surface area contributed by atoms with Crippen LogP contribution in [0.5, 0.6) is 5.88 Å². The van der Waals surface area contributed by atoms with Gasteiger partial charge in [-0.3, -0.25) is 4.79 Å². The molecular formula is C15H24ClN3O2. The van der Waals surface area contributed by atoms with Crippen molar-refractivity contribution in [1.29, 1.82) is 0 Å². The second kappa shape index (κ2) is 8.20. The van der Waals surface area contributed by atoms with Gasteiger partial charge in [0.05, 0.1) is 12.6 Å². The Kier molecular flexibility index (Phi) is 6.92. The Labute approximate surface area is 132 Å². The summed E-state index contributed by atoms with van der Waals surface area (Å²) >= 11 is 0. The van der Waals surface area contributed by atoms with Crippen molar-refractivity contribution in [2.75, 3.05) is 13.6 Å². The first-order valence-electron chi connectivity index (χ1n) is 7.16. The number of halogens is 1. The fourth-order valence-electron chi connectivity index (χ4n) is 2.11. The van der Waals surface area contributed by atoms with Crippen LogP contribution in [0.25, 0.3) is 0 Å². The van der Waals surface area contributed by atoms with Crippen LogP contribution in [0, 0.1) is 0 Å². The Bertz CT molecular complexity index is 464. The van der Waals surface area contributed by atoms with Crippen molar-refractivity contribution >= 4 is 18.3 Å². The van der Waals surface area contributed by atoms with E-state index in [1.54, 1.807) is 13.2 Å². The summed E-state index contributed by atoms with van der Waals surface area (Å²) in [5.74, 6) is 0.771. The molecule has 0 radical (unpaired) electrons. The third-order valence-electron chi connectivity index (χ3n) is 3.14. The number of nitrogens with zero attached hydrogens (tertiary/aromatic N) is 2. The molecule has 0 bridgehead atoms. The van der Waals surface area contributed by atoms with Crippen LogP contribution in [0.4, 0.5) is 0 Å². The maximum Gasteiger partial charge on any atom is 0.237 e. The van der Waals surface area contributed by atoms with Crippen LogP contribution < -0.4 is 10.1 Å². The summed E-state index contributed by atoms with van der Waals surface area (Å²) in [6.07, 6.45) is 4.05. The zero-order chi connectivity index (χ0) is 14.5. The van der Waals surface area contributed by atoms with E-state index in [4.69, 9.17) is 4.74 Å². The van der Waals surface area contributed by atoms with Gasteiger partial charge < -0.3 is 15.0 Å². The monoisotopic (exact) mass is 313 g/mol. The van der Waals surface area contributed by atoms with Gasteiger partial charge in [-0.05, 0) is 45.4 Å². The van der Waals surface area contributed by atoms with E-state index in [0.29, 0.717) is 25.0 Å². The summed E-state index contributed by atoms with van der Waals surface area (Å²) in [5.41, 5.74) is 1.06. The van der Waals surface area contributed by atoms with Crippen molar-refractivity contribution in [3.8, 4) is 5.88 Å². The second-order valence-electron chi connectivity index (χ2n) is 5.45. The van der Waals surface area contributed by atoms with Gasteiger partial charge in [0.1, 0.15) is 0 Å². The number of rotatable bonds is 7. The third-order valence-corrected chi connectivity index (χ3v) is 3.14. The van der Waals surface area contributed by atoms with Gasteiger partial charge in [0.15, 0.2) is 0 Å². The molecule has 1 aromatic rings. The molecule has 1 N–H and O–H groups in total. The summed E-state index contributed by atoms with van der Waals surface area (Å²) in [6, 6.07) is 4.26. The number of hydrogen-bond acceptors (Lipinski definition) is 4. The Hall–Kier alpha value is -1.33. The number of carbonyl (C=O) groups excluding carboxylic acids is 1. The second-order valence-corrected chi connectivity index (χ2v) is 5.45. The van der Waals surface area contributed by atoms with Gasteiger partial charge >= 0.3 is 0 Å². The minimum Gasteiger partial charge on any atom is -0.475 e. The topological polar surface area (TPSA) is 54.5 Å². The van der Waals surface area contributed by atoms with Gasteiger partial charge in [-0.2, -0.15) is 0 Å². The van der Waals surface area contributed by atoms with Crippen LogP contribution in [0.3, 0.4) is 0 Å². The van der Waals surface area contributed by atoms with Gasteiger partial charge in [0, 0.05) is 24.8 Å². The summed E-state index contributed by atoms with van der Waals surface area (Å²) in [4.78, 5) is 18.2. The van der Waals surface area contributed by atoms with Gasteiger partial charge in [-0.25, -0.2) is 4.98 Å². The Morgan fingerprint density at radius 3 is 2.81 bits per heavy atom. The first kappa shape index (κ1) is 17.7. The first-order chi connectivity index (χ1) is 9.60. The zero-order valence-corrected chi connectivity index (χ0v) is 13.7. The van der Waals surface area contributed by atoms with E-state index in [9.17, 15) is 4.79 Å². The number of likely N-dealkylation sites (N-methyl/N-ethyl adjacent to an activating group) is 1. The highest BCUT2D eigenvalue weighted by Gasteiger charge is 2.32. The molecule has 1 aromatic heterocycles. The molecule has 1 saturated carbocycles. The van der Waals surface area contributed by atoms with E-state index in [1.807, 2.05) is 30.9 Å². The van der Waals surface area contributed by atoms with Crippen LogP contribution in [0.2, 0.25) is 0 Å². The van der Waals surface area contributed by atoms with E-state index >= 15 is 0 Å². The van der Waals surface area contributed by atoms with E-state index in [2.05, 4.69) is 10.3 Å². The van der Waals surface area contributed by atoms with Crippen LogP contribution >= 0.6 is 12.4 Å². The standard InChI is InChI=1S/C15H23N3O2.ClH/c1-11(2)20-14-8-12(6-7-17-14)10-18(13-4-5-13)15(19)9-16-3;/h6-8,11,13,16H,4-5,9-10H2,1-3H3;1H. The molecule has 21 heavy (non-hydrogen) atoms. The predicted octanol–water partition coefficient (Wildman–Crippen LogP) is 2.00. The van der Waals surface area contributed by atoms with Crippen molar-refractivity contribution in [2.45, 2.75) is 45.4 Å². The SMILES string of the molecule is CNCC(=O)N(Cc1ccnc(OC(C)C)c1)C1CC1.Cl. The van der Waals surface area contributed by atoms with Gasteiger partial charge in [-0.15, -0.1) is 12.4 Å². The molecule has 0 unspecified atom stereocenters. The first-order valence-corrected chi connectivity index (χ1v) is 7.16. The Morgan fingerprint density at radius 1 is 1.52 bits per heavy atom. The van der Waals surface area contributed by atoms with Crippen molar-refractivity contribution < 1.29 is 9.53 Å². The van der Waals surface area contributed by atoms with Gasteiger partial charge in [0.2, 0.25) is 11.8 Å². The lowest BCUT2D eigenvalue weighted by atomic mass is 10.2. The molecule has 118 valence electrons. The summed E-state index contributed by atoms with van der Waals surface area (Å²) in [6.45, 7) is 4.96. The minimum atomic E-state index is 0. The quantitative estimate of drug-likeness (QED) is 0.836. The van der Waals surface area contributed by atoms with Crippen molar-refractivity contribution in [1.82, 2.24) is 15.2 Å². The molecule has 1 fully saturated rings. The lowest BCUT2D eigenvalue weighted by Crippen LogP contribution is -2.38. The molecule has 0 spiro atoms. The number of carbonyl (C=O) groups is 1. The van der Waals surface area contributed by atoms with Crippen LogP contribution in [-0.4, -0.2) is 41.5 Å². The number of pyridine rings is 1. The molecule has 0 aliphatic heterocycles. The van der Waals surface area contributed by atoms with E-state index in [1.165, 1.54) is 0 Å². The largest absolute Gasteiger partial charge is 0.475 e. The summed E-state index contributed by atoms with van der Waals surface area (Å²) in [7, 11) is 1.80. The van der Waals surface area contributed by atoms with E-state index in [-0.39, 0.29) is 24.4 Å². The van der Waals surface area contributed by atoms with Crippen LogP contribution in [-0.2, 0) is 11.3 Å². The minimum absolute atomic E-state index is 0. The number of amides is 1. The van der Waals surface area contributed by atoms with E-state index in [0.717, 1.165) is 18.4 Å². The van der Waals surface area contributed by atoms with Gasteiger partial charge in [0.25, 0.3) is 0 Å². The Morgan fingerprint density at radius 2 is 2.24 bits per heavy atom. The summed E-state index contributed by atoms with van der Waals surface area (Å²) in [5, 5.41) is 2.93. The lowest BCUT2D eigenvalue weighted by Gasteiger charge is -2.22. The van der Waals surface area contributed by atoms with E-state index < -0.39 is 0 Å². The third kappa shape index (κ3) is 5.52. The Balaban J connectivity index is 0.00000220. The van der Waals surface area contributed by atoms with Crippen LogP contribution in [0.15, 0.2) is 18.3 Å². The van der Waals surface area contributed by atoms with Gasteiger partial charge in [-0.1, -0.05) is 0 Å². The molecule has 0 saturated heterocycles. The molecule has 2 rings (SSSR count). The van der Waals surface area contributed by atoms with Crippen molar-refractivity contribution in [2.24, 2.45) is 0 Å². The predicted molar refractivity (Wildman–Crippen MR) is 84.7 cm³/mol. The molecule has 0 aromatic carbocycles. The molecule has 1 heterocycles. The maximum atomic E-state index is 12.1. The lowest BCUT2D eigenvalue weighted by molar-refractivity contribution is -0.131. The molecule has 5 nitrogen and oxygen atoms in total. The zero-order valence-electron chi connectivity index (χ0n) is 12.8. The molecule has 1 amide bonds. The van der Waals surface area contributed by atoms with Crippen molar-refractivity contribution in [3.05, 3.63) is 23.9 Å². The average Bonchev–Trinajstić information content (AvgIpc) is 3.20. The highest BCUT2D eigenvalue weighted by atomic mass is 35.5. The number of ether oxygens (including phenoxy) is 1. The normalized spacial score (nSPS) is 13.7. The van der Waals surface area contributed by atoms with Crippen LogP contribution in [0.1, 0.15) is 32.3 Å². The van der Waals surface area contributed by atoms with Crippen molar-refractivity contribution in [3.63, 3.8) is 0 Å². The highest BCUT2D eigenvalue weighted by molar-refractivity contribution is 5.85. The number of nitrogens with one attached hydrogen (secondary N) is 1. The smallest absolute Gasteiger partial charge is 0.237 e. The molecule has 0 atom stereocenters. The fraction of sp³-hybridized carbons (Fsp3) is 0.600. The molecular weight excluding hydrogens is 290 g/mol. The maximum absolute atomic E-state index is 12.1. The number of aromatic nitrogens is 1. The molecule has 1 aliphatic carbocycles. The molecule has 1 aliphatic rings. The summed E-state index contributed by atoms with van der Waals surface area (Å²) < 4.78 is 5.59.